The molecule has 2 rings (SSSR count). The van der Waals surface area contributed by atoms with Crippen LogP contribution in [0.5, 0.6) is 11.5 Å². The first-order chi connectivity index (χ1) is 11.1. The van der Waals surface area contributed by atoms with Gasteiger partial charge in [0.15, 0.2) is 0 Å². The molecule has 0 radical (unpaired) electrons. The third-order valence-electron chi connectivity index (χ3n) is 3.55. The van der Waals surface area contributed by atoms with Gasteiger partial charge in [-0.05, 0) is 12.1 Å². The number of nitrogens with one attached hydrogen (secondary N) is 1. The maximum absolute atomic E-state index is 12.8. The van der Waals surface area contributed by atoms with Gasteiger partial charge in [0.05, 0.1) is 19.9 Å². The van der Waals surface area contributed by atoms with Crippen LogP contribution >= 0.6 is 0 Å². The second-order valence-electron chi connectivity index (χ2n) is 6.41. The molecule has 24 heavy (non-hydrogen) atoms. The van der Waals surface area contributed by atoms with Crippen molar-refractivity contribution < 1.29 is 17.9 Å². The quantitative estimate of drug-likeness (QED) is 0.893. The van der Waals surface area contributed by atoms with Crippen LogP contribution in [0.3, 0.4) is 0 Å². The third-order valence-corrected chi connectivity index (χ3v) is 4.92. The van der Waals surface area contributed by atoms with Crippen LogP contribution in [-0.4, -0.2) is 32.4 Å². The Bertz CT molecular complexity index is 835. The zero-order valence-corrected chi connectivity index (χ0v) is 15.6. The Labute approximate surface area is 142 Å². The fraction of sp³-hybridized carbons (Fsp3) is 0.438. The molecular weight excluding hydrogens is 330 g/mol. The molecule has 7 nitrogen and oxygen atoms in total. The van der Waals surface area contributed by atoms with Crippen molar-refractivity contribution in [3.8, 4) is 11.5 Å². The lowest BCUT2D eigenvalue weighted by Crippen LogP contribution is -2.16. The summed E-state index contributed by atoms with van der Waals surface area (Å²) in [6, 6.07) is 6.34. The van der Waals surface area contributed by atoms with E-state index in [0.717, 1.165) is 5.69 Å². The minimum absolute atomic E-state index is 0.00265. The molecule has 0 aliphatic rings. The van der Waals surface area contributed by atoms with Crippen molar-refractivity contribution in [2.24, 2.45) is 7.05 Å². The van der Waals surface area contributed by atoms with Gasteiger partial charge in [-0.2, -0.15) is 5.10 Å². The molecule has 0 saturated carbocycles. The van der Waals surface area contributed by atoms with Gasteiger partial charge < -0.3 is 9.47 Å². The first kappa shape index (κ1) is 18.1. The van der Waals surface area contributed by atoms with E-state index < -0.39 is 10.0 Å². The minimum Gasteiger partial charge on any atom is -0.497 e. The van der Waals surface area contributed by atoms with Gasteiger partial charge >= 0.3 is 0 Å². The molecule has 1 heterocycles. The van der Waals surface area contributed by atoms with Crippen molar-refractivity contribution in [2.75, 3.05) is 18.9 Å². The number of benzene rings is 1. The fourth-order valence-electron chi connectivity index (χ4n) is 2.12. The molecule has 0 aliphatic heterocycles. The van der Waals surface area contributed by atoms with Gasteiger partial charge in [0.1, 0.15) is 22.2 Å². The van der Waals surface area contributed by atoms with Crippen LogP contribution in [0.25, 0.3) is 0 Å². The van der Waals surface area contributed by atoms with Crippen LogP contribution in [-0.2, 0) is 22.5 Å². The Morgan fingerprint density at radius 3 is 2.29 bits per heavy atom. The minimum atomic E-state index is -3.86. The molecule has 1 N–H and O–H groups in total. The number of nitrogens with zero attached hydrogens (tertiary/aromatic N) is 2. The first-order valence-electron chi connectivity index (χ1n) is 7.38. The summed E-state index contributed by atoms with van der Waals surface area (Å²) < 4.78 is 39.9. The second-order valence-corrected chi connectivity index (χ2v) is 8.06. The van der Waals surface area contributed by atoms with Crippen LogP contribution in [0, 0.1) is 0 Å². The molecule has 0 saturated heterocycles. The number of hydrogen-bond donors (Lipinski definition) is 1. The summed E-state index contributed by atoms with van der Waals surface area (Å²) in [4.78, 5) is 0.00265. The Balaban J connectivity index is 2.44. The number of ether oxygens (including phenoxy) is 2. The molecule has 8 heteroatoms. The molecule has 0 aliphatic carbocycles. The molecule has 0 bridgehead atoms. The lowest BCUT2D eigenvalue weighted by molar-refractivity contribution is 0.392. The Hall–Kier alpha value is -2.22. The number of aromatic nitrogens is 2. The van der Waals surface area contributed by atoms with Gasteiger partial charge in [0.25, 0.3) is 10.0 Å². The van der Waals surface area contributed by atoms with E-state index in [1.165, 1.54) is 25.0 Å². The van der Waals surface area contributed by atoms with E-state index in [0.29, 0.717) is 11.6 Å². The number of aryl methyl sites for hydroxylation is 1. The number of rotatable bonds is 5. The highest BCUT2D eigenvalue weighted by atomic mass is 32.2. The maximum atomic E-state index is 12.8. The second kappa shape index (κ2) is 6.35. The summed E-state index contributed by atoms with van der Waals surface area (Å²) in [7, 11) is 0.725. The fourth-order valence-corrected chi connectivity index (χ4v) is 3.38. The smallest absolute Gasteiger partial charge is 0.266 e. The van der Waals surface area contributed by atoms with E-state index in [1.54, 1.807) is 25.2 Å². The van der Waals surface area contributed by atoms with Crippen molar-refractivity contribution in [3.05, 3.63) is 30.0 Å². The topological polar surface area (TPSA) is 82.4 Å². The molecule has 0 spiro atoms. The van der Waals surface area contributed by atoms with Crippen LogP contribution < -0.4 is 14.2 Å². The van der Waals surface area contributed by atoms with Crippen molar-refractivity contribution in [3.63, 3.8) is 0 Å². The Morgan fingerprint density at radius 2 is 1.79 bits per heavy atom. The van der Waals surface area contributed by atoms with Crippen LogP contribution in [0.1, 0.15) is 26.5 Å². The Kier molecular flexibility index (Phi) is 4.80. The number of sulfonamides is 1. The molecule has 0 fully saturated rings. The summed E-state index contributed by atoms with van der Waals surface area (Å²) in [5.74, 6) is 1.04. The van der Waals surface area contributed by atoms with Crippen molar-refractivity contribution in [1.82, 2.24) is 9.78 Å². The summed E-state index contributed by atoms with van der Waals surface area (Å²) in [6.07, 6.45) is 0. The number of methoxy groups -OCH3 is 2. The highest BCUT2D eigenvalue weighted by Gasteiger charge is 2.24. The van der Waals surface area contributed by atoms with Crippen molar-refractivity contribution >= 4 is 15.8 Å². The predicted octanol–water partition coefficient (Wildman–Crippen LogP) is 2.54. The molecule has 2 aromatic rings. The average molecular weight is 353 g/mol. The lowest BCUT2D eigenvalue weighted by Gasteiger charge is -2.13. The monoisotopic (exact) mass is 353 g/mol. The number of hydrogen-bond acceptors (Lipinski definition) is 5. The van der Waals surface area contributed by atoms with Gasteiger partial charge in [-0.15, -0.1) is 0 Å². The molecule has 1 aromatic carbocycles. The van der Waals surface area contributed by atoms with Crippen LogP contribution in [0.4, 0.5) is 5.82 Å². The van der Waals surface area contributed by atoms with Crippen molar-refractivity contribution in [1.29, 1.82) is 0 Å². The highest BCUT2D eigenvalue weighted by Crippen LogP contribution is 2.30. The lowest BCUT2D eigenvalue weighted by atomic mass is 9.92. The molecule has 0 amide bonds. The standard InChI is InChI=1S/C16H23N3O4S/c1-16(2,3)14-10-15(19(4)17-14)18-24(20,21)13-9-11(22-5)7-8-12(13)23-6/h7-10,18H,1-6H3. The number of anilines is 1. The van der Waals surface area contributed by atoms with Gasteiger partial charge in [-0.25, -0.2) is 8.42 Å². The maximum Gasteiger partial charge on any atom is 0.266 e. The van der Waals surface area contributed by atoms with Gasteiger partial charge in [0, 0.05) is 24.6 Å². The average Bonchev–Trinajstić information content (AvgIpc) is 2.87. The van der Waals surface area contributed by atoms with E-state index in [4.69, 9.17) is 9.47 Å². The van der Waals surface area contributed by atoms with Gasteiger partial charge in [0.2, 0.25) is 0 Å². The van der Waals surface area contributed by atoms with Crippen molar-refractivity contribution in [2.45, 2.75) is 31.1 Å². The zero-order valence-electron chi connectivity index (χ0n) is 14.7. The third kappa shape index (κ3) is 3.64. The van der Waals surface area contributed by atoms with Crippen LogP contribution in [0.2, 0.25) is 0 Å². The summed E-state index contributed by atoms with van der Waals surface area (Å²) >= 11 is 0. The zero-order chi connectivity index (χ0) is 18.1. The SMILES string of the molecule is COc1ccc(OC)c(S(=O)(=O)Nc2cc(C(C)(C)C)nn2C)c1. The highest BCUT2D eigenvalue weighted by molar-refractivity contribution is 7.92. The molecule has 1 aromatic heterocycles. The Morgan fingerprint density at radius 1 is 1.12 bits per heavy atom. The van der Waals surface area contributed by atoms with E-state index in [1.807, 2.05) is 20.8 Å². The molecule has 132 valence electrons. The largest absolute Gasteiger partial charge is 0.497 e. The molecular formula is C16H23N3O4S. The summed E-state index contributed by atoms with van der Waals surface area (Å²) in [6.45, 7) is 6.04. The van der Waals surface area contributed by atoms with Crippen LogP contribution in [0.15, 0.2) is 29.2 Å². The predicted molar refractivity (Wildman–Crippen MR) is 92.3 cm³/mol. The normalized spacial score (nSPS) is 12.1. The van der Waals surface area contributed by atoms with E-state index in [2.05, 4.69) is 9.82 Å². The van der Waals surface area contributed by atoms with E-state index in [9.17, 15) is 8.42 Å². The van der Waals surface area contributed by atoms with Gasteiger partial charge in [-0.3, -0.25) is 9.40 Å². The van der Waals surface area contributed by atoms with Gasteiger partial charge in [-0.1, -0.05) is 20.8 Å². The summed E-state index contributed by atoms with van der Waals surface area (Å²) in [5.41, 5.74) is 0.607. The molecule has 0 atom stereocenters. The first-order valence-corrected chi connectivity index (χ1v) is 8.86. The summed E-state index contributed by atoms with van der Waals surface area (Å²) in [5, 5.41) is 4.37. The molecule has 0 unspecified atom stereocenters. The van der Waals surface area contributed by atoms with E-state index in [-0.39, 0.29) is 16.1 Å². The van der Waals surface area contributed by atoms with E-state index >= 15 is 0 Å².